The van der Waals surface area contributed by atoms with Crippen LogP contribution in [0.2, 0.25) is 0 Å². The average molecular weight is 366 g/mol. The van der Waals surface area contributed by atoms with Gasteiger partial charge < -0.3 is 29.2 Å². The largest absolute Gasteiger partial charge is 0.384 e. The highest BCUT2D eigenvalue weighted by Crippen LogP contribution is 2.54. The van der Waals surface area contributed by atoms with Crippen LogP contribution in [0.4, 0.5) is 0 Å². The maximum absolute atomic E-state index is 11.4. The predicted molar refractivity (Wildman–Crippen MR) is 98.6 cm³/mol. The molecule has 2 rings (SSSR count). The SMILES string of the molecule is COCC1(COC)C=C(c2ccccc2)CC(COC)(COC)C1(O)O. The zero-order valence-electron chi connectivity index (χ0n) is 16.0. The fraction of sp³-hybridized carbons (Fsp3) is 0.600. The molecule has 0 bridgehead atoms. The van der Waals surface area contributed by atoms with Gasteiger partial charge in [0.1, 0.15) is 0 Å². The average Bonchev–Trinajstić information content (AvgIpc) is 2.61. The second-order valence-electron chi connectivity index (χ2n) is 7.05. The van der Waals surface area contributed by atoms with Crippen LogP contribution in [0.25, 0.3) is 5.57 Å². The number of hydrogen-bond acceptors (Lipinski definition) is 6. The molecule has 6 nitrogen and oxygen atoms in total. The smallest absolute Gasteiger partial charge is 0.187 e. The highest BCUT2D eigenvalue weighted by Gasteiger charge is 2.64. The van der Waals surface area contributed by atoms with E-state index in [0.717, 1.165) is 11.1 Å². The molecule has 1 aromatic carbocycles. The van der Waals surface area contributed by atoms with Crippen molar-refractivity contribution in [3.8, 4) is 0 Å². The molecule has 146 valence electrons. The summed E-state index contributed by atoms with van der Waals surface area (Å²) < 4.78 is 21.6. The molecule has 0 saturated carbocycles. The Bertz CT molecular complexity index is 584. The van der Waals surface area contributed by atoms with Crippen LogP contribution < -0.4 is 0 Å². The minimum atomic E-state index is -2.16. The second kappa shape index (κ2) is 8.61. The van der Waals surface area contributed by atoms with Crippen molar-refractivity contribution in [1.82, 2.24) is 0 Å². The van der Waals surface area contributed by atoms with Crippen LogP contribution >= 0.6 is 0 Å². The molecule has 1 aliphatic carbocycles. The molecule has 0 aliphatic heterocycles. The predicted octanol–water partition coefficient (Wildman–Crippen LogP) is 1.71. The molecule has 0 fully saturated rings. The maximum atomic E-state index is 11.4. The van der Waals surface area contributed by atoms with Crippen molar-refractivity contribution in [3.63, 3.8) is 0 Å². The normalized spacial score (nSPS) is 20.6. The zero-order valence-corrected chi connectivity index (χ0v) is 16.0. The summed E-state index contributed by atoms with van der Waals surface area (Å²) >= 11 is 0. The molecular weight excluding hydrogens is 336 g/mol. The molecule has 0 heterocycles. The van der Waals surface area contributed by atoms with E-state index in [9.17, 15) is 10.2 Å². The van der Waals surface area contributed by atoms with E-state index in [1.165, 1.54) is 14.2 Å². The van der Waals surface area contributed by atoms with Crippen molar-refractivity contribution >= 4 is 5.57 Å². The van der Waals surface area contributed by atoms with Gasteiger partial charge in [0.05, 0.1) is 37.3 Å². The second-order valence-corrected chi connectivity index (χ2v) is 7.05. The fourth-order valence-corrected chi connectivity index (χ4v) is 4.08. The van der Waals surface area contributed by atoms with Crippen LogP contribution in [-0.4, -0.2) is 70.9 Å². The van der Waals surface area contributed by atoms with Gasteiger partial charge >= 0.3 is 0 Å². The van der Waals surface area contributed by atoms with Crippen molar-refractivity contribution in [1.29, 1.82) is 0 Å². The Morgan fingerprint density at radius 1 is 0.808 bits per heavy atom. The van der Waals surface area contributed by atoms with E-state index in [1.807, 2.05) is 36.4 Å². The number of allylic oxidation sites excluding steroid dienone is 1. The van der Waals surface area contributed by atoms with Gasteiger partial charge in [-0.15, -0.1) is 0 Å². The monoisotopic (exact) mass is 366 g/mol. The van der Waals surface area contributed by atoms with Crippen molar-refractivity contribution in [2.45, 2.75) is 12.2 Å². The zero-order chi connectivity index (χ0) is 19.3. The van der Waals surface area contributed by atoms with Gasteiger partial charge in [0, 0.05) is 28.4 Å². The minimum Gasteiger partial charge on any atom is -0.384 e. The van der Waals surface area contributed by atoms with Crippen LogP contribution in [0, 0.1) is 10.8 Å². The quantitative estimate of drug-likeness (QED) is 0.648. The molecule has 1 aliphatic rings. The van der Waals surface area contributed by atoms with E-state index in [0.29, 0.717) is 6.42 Å². The Hall–Kier alpha value is -1.28. The van der Waals surface area contributed by atoms with Crippen molar-refractivity contribution in [3.05, 3.63) is 42.0 Å². The third kappa shape index (κ3) is 3.58. The summed E-state index contributed by atoms with van der Waals surface area (Å²) in [4.78, 5) is 0. The molecule has 0 aromatic heterocycles. The summed E-state index contributed by atoms with van der Waals surface area (Å²) in [5.41, 5.74) is -0.256. The number of methoxy groups -OCH3 is 4. The Morgan fingerprint density at radius 2 is 1.31 bits per heavy atom. The van der Waals surface area contributed by atoms with Crippen LogP contribution in [0.15, 0.2) is 36.4 Å². The van der Waals surface area contributed by atoms with E-state index < -0.39 is 16.6 Å². The highest BCUT2D eigenvalue weighted by molar-refractivity contribution is 5.69. The van der Waals surface area contributed by atoms with Crippen LogP contribution in [0.1, 0.15) is 12.0 Å². The summed E-state index contributed by atoms with van der Waals surface area (Å²) in [5, 5.41) is 22.8. The molecule has 0 unspecified atom stereocenters. The standard InChI is InChI=1S/C20H30O6/c1-23-12-18(13-24-2)10-17(16-8-6-5-7-9-16)11-19(14-25-3,15-26-4)20(18,21)22/h5-10,21-22H,11-15H2,1-4H3. The topological polar surface area (TPSA) is 77.4 Å². The molecular formula is C20H30O6. The van der Waals surface area contributed by atoms with Gasteiger partial charge in [-0.3, -0.25) is 0 Å². The van der Waals surface area contributed by atoms with Gasteiger partial charge in [0.2, 0.25) is 0 Å². The molecule has 6 heteroatoms. The fourth-order valence-electron chi connectivity index (χ4n) is 4.08. The van der Waals surface area contributed by atoms with Gasteiger partial charge in [0.25, 0.3) is 0 Å². The van der Waals surface area contributed by atoms with Gasteiger partial charge in [-0.1, -0.05) is 36.4 Å². The van der Waals surface area contributed by atoms with E-state index in [2.05, 4.69) is 0 Å². The summed E-state index contributed by atoms with van der Waals surface area (Å²) in [6.45, 7) is 0.402. The van der Waals surface area contributed by atoms with Crippen LogP contribution in [0.3, 0.4) is 0 Å². The van der Waals surface area contributed by atoms with E-state index in [4.69, 9.17) is 18.9 Å². The van der Waals surface area contributed by atoms with Gasteiger partial charge in [-0.25, -0.2) is 0 Å². The number of rotatable bonds is 9. The number of hydrogen-bond donors (Lipinski definition) is 2. The Kier molecular flexibility index (Phi) is 6.96. The van der Waals surface area contributed by atoms with Crippen LogP contribution in [-0.2, 0) is 18.9 Å². The van der Waals surface area contributed by atoms with Gasteiger partial charge in [-0.05, 0) is 17.6 Å². The molecule has 2 N–H and O–H groups in total. The number of ether oxygens (including phenoxy) is 4. The molecule has 0 atom stereocenters. The Labute approximate surface area is 155 Å². The van der Waals surface area contributed by atoms with E-state index >= 15 is 0 Å². The third-order valence-electron chi connectivity index (χ3n) is 5.20. The number of benzene rings is 1. The first-order valence-electron chi connectivity index (χ1n) is 8.59. The molecule has 0 amide bonds. The molecule has 0 saturated heterocycles. The third-order valence-corrected chi connectivity index (χ3v) is 5.20. The molecule has 26 heavy (non-hydrogen) atoms. The Balaban J connectivity index is 2.68. The van der Waals surface area contributed by atoms with Crippen molar-refractivity contribution in [2.24, 2.45) is 10.8 Å². The summed E-state index contributed by atoms with van der Waals surface area (Å²) in [6, 6.07) is 9.87. The Morgan fingerprint density at radius 3 is 1.77 bits per heavy atom. The number of aliphatic hydroxyl groups is 2. The van der Waals surface area contributed by atoms with Crippen molar-refractivity contribution < 1.29 is 29.2 Å². The maximum Gasteiger partial charge on any atom is 0.187 e. The first-order valence-corrected chi connectivity index (χ1v) is 8.59. The minimum absolute atomic E-state index is 0.0827. The van der Waals surface area contributed by atoms with Gasteiger partial charge in [0.15, 0.2) is 5.79 Å². The van der Waals surface area contributed by atoms with E-state index in [-0.39, 0.29) is 26.4 Å². The lowest BCUT2D eigenvalue weighted by molar-refractivity contribution is -0.331. The summed E-state index contributed by atoms with van der Waals surface area (Å²) in [6.07, 6.45) is 2.26. The molecule has 0 radical (unpaired) electrons. The lowest BCUT2D eigenvalue weighted by Crippen LogP contribution is -2.67. The van der Waals surface area contributed by atoms with Crippen LogP contribution in [0.5, 0.6) is 0 Å². The van der Waals surface area contributed by atoms with Crippen molar-refractivity contribution in [2.75, 3.05) is 54.9 Å². The lowest BCUT2D eigenvalue weighted by Gasteiger charge is -2.55. The summed E-state index contributed by atoms with van der Waals surface area (Å²) in [5.74, 6) is -2.16. The van der Waals surface area contributed by atoms with E-state index in [1.54, 1.807) is 14.2 Å². The molecule has 1 aromatic rings. The van der Waals surface area contributed by atoms with Gasteiger partial charge in [-0.2, -0.15) is 0 Å². The first-order chi connectivity index (χ1) is 12.4. The summed E-state index contributed by atoms with van der Waals surface area (Å²) in [7, 11) is 6.16. The lowest BCUT2D eigenvalue weighted by atomic mass is 9.58. The first kappa shape index (κ1) is 21.0. The highest BCUT2D eigenvalue weighted by atomic mass is 16.5. The molecule has 0 spiro atoms.